The Morgan fingerprint density at radius 1 is 1.00 bits per heavy atom. The van der Waals surface area contributed by atoms with Crippen LogP contribution in [0.2, 0.25) is 0 Å². The number of anilines is 1. The van der Waals surface area contributed by atoms with E-state index < -0.39 is 0 Å². The second-order valence-corrected chi connectivity index (χ2v) is 8.99. The molecule has 3 heterocycles. The van der Waals surface area contributed by atoms with E-state index in [0.29, 0.717) is 11.7 Å². The predicted octanol–water partition coefficient (Wildman–Crippen LogP) is 5.77. The van der Waals surface area contributed by atoms with Gasteiger partial charge >= 0.3 is 0 Å². The van der Waals surface area contributed by atoms with E-state index in [9.17, 15) is 5.11 Å². The van der Waals surface area contributed by atoms with Crippen LogP contribution < -0.4 is 15.0 Å². The summed E-state index contributed by atoms with van der Waals surface area (Å²) in [6.45, 7) is 6.82. The first-order valence-electron chi connectivity index (χ1n) is 11.7. The van der Waals surface area contributed by atoms with E-state index in [2.05, 4.69) is 39.7 Å². The summed E-state index contributed by atoms with van der Waals surface area (Å²) in [4.78, 5) is 6.83. The lowest BCUT2D eigenvalue weighted by Gasteiger charge is -2.28. The molecule has 0 radical (unpaired) electrons. The molecular formula is C28H28N4O2S. The summed E-state index contributed by atoms with van der Waals surface area (Å²) in [5.41, 5.74) is 6.30. The van der Waals surface area contributed by atoms with Crippen molar-refractivity contribution in [2.75, 3.05) is 11.5 Å². The van der Waals surface area contributed by atoms with Crippen molar-refractivity contribution >= 4 is 23.0 Å². The average Bonchev–Trinajstić information content (AvgIpc) is 3.36. The van der Waals surface area contributed by atoms with Crippen LogP contribution >= 0.6 is 12.2 Å². The maximum atomic E-state index is 9.77. The van der Waals surface area contributed by atoms with Crippen molar-refractivity contribution < 1.29 is 9.84 Å². The first kappa shape index (κ1) is 22.9. The van der Waals surface area contributed by atoms with Crippen molar-refractivity contribution in [2.24, 2.45) is 0 Å². The number of aryl methyl sites for hydroxylation is 1. The van der Waals surface area contributed by atoms with Crippen molar-refractivity contribution in [1.82, 2.24) is 14.9 Å². The van der Waals surface area contributed by atoms with Crippen molar-refractivity contribution in [2.45, 2.75) is 32.9 Å². The Balaban J connectivity index is 1.63. The van der Waals surface area contributed by atoms with Crippen LogP contribution in [0.3, 0.4) is 0 Å². The van der Waals surface area contributed by atoms with E-state index in [1.807, 2.05) is 67.7 Å². The largest absolute Gasteiger partial charge is 0.508 e. The molecule has 5 rings (SSSR count). The summed E-state index contributed by atoms with van der Waals surface area (Å²) in [6, 6.07) is 23.3. The highest BCUT2D eigenvalue weighted by molar-refractivity contribution is 7.80. The number of hydrogen-bond donors (Lipinski definition) is 2. The van der Waals surface area contributed by atoms with Gasteiger partial charge in [0.15, 0.2) is 5.11 Å². The van der Waals surface area contributed by atoms with Gasteiger partial charge in [-0.15, -0.1) is 0 Å². The number of nitrogens with zero attached hydrogens (tertiary/aromatic N) is 3. The number of aromatic hydroxyl groups is 1. The number of hydrogen-bond acceptors (Lipinski definition) is 4. The average molecular weight is 485 g/mol. The topological polar surface area (TPSA) is 62.5 Å². The minimum atomic E-state index is -0.121. The third-order valence-corrected chi connectivity index (χ3v) is 6.74. The van der Waals surface area contributed by atoms with Gasteiger partial charge in [-0.05, 0) is 105 Å². The molecule has 2 N–H and O–H groups in total. The van der Waals surface area contributed by atoms with Crippen molar-refractivity contribution in [3.63, 3.8) is 0 Å². The highest BCUT2D eigenvalue weighted by atomic mass is 32.1. The summed E-state index contributed by atoms with van der Waals surface area (Å²) < 4.78 is 7.86. The molecule has 2 aromatic carbocycles. The first-order valence-corrected chi connectivity index (χ1v) is 12.1. The molecule has 0 amide bonds. The minimum absolute atomic E-state index is 0.104. The number of benzene rings is 2. The monoisotopic (exact) mass is 484 g/mol. The van der Waals surface area contributed by atoms with Gasteiger partial charge in [0, 0.05) is 29.0 Å². The number of nitrogens with one attached hydrogen (secondary N) is 1. The molecule has 1 aliphatic heterocycles. The lowest BCUT2D eigenvalue weighted by Crippen LogP contribution is -2.29. The normalized spacial score (nSPS) is 17.5. The standard InChI is InChI=1S/C28H28N4O2S/c1-4-34-23-14-10-21(11-15-23)32-27(26(30-28(32)35)25-7-5-6-16-29-25)24-17-18(2)31(19(24)3)20-8-12-22(33)13-9-20/h5-17,26-27,33H,4H2,1-3H3,(H,30,35)/t26-,27+/m0/s1. The first-order chi connectivity index (χ1) is 17.0. The van der Waals surface area contributed by atoms with Gasteiger partial charge in [-0.3, -0.25) is 4.98 Å². The van der Waals surface area contributed by atoms with Crippen molar-refractivity contribution in [3.05, 3.63) is 102 Å². The Morgan fingerprint density at radius 3 is 2.37 bits per heavy atom. The maximum Gasteiger partial charge on any atom is 0.174 e. The summed E-state index contributed by atoms with van der Waals surface area (Å²) >= 11 is 5.87. The third kappa shape index (κ3) is 4.23. The van der Waals surface area contributed by atoms with Gasteiger partial charge in [-0.25, -0.2) is 0 Å². The summed E-state index contributed by atoms with van der Waals surface area (Å²) in [7, 11) is 0. The Bertz CT molecular complexity index is 1330. The lowest BCUT2D eigenvalue weighted by molar-refractivity contribution is 0.340. The van der Waals surface area contributed by atoms with Crippen LogP contribution in [0.25, 0.3) is 5.69 Å². The van der Waals surface area contributed by atoms with E-state index in [-0.39, 0.29) is 17.8 Å². The highest BCUT2D eigenvalue weighted by Gasteiger charge is 2.42. The van der Waals surface area contributed by atoms with Crippen LogP contribution in [0.5, 0.6) is 11.5 Å². The Hall–Kier alpha value is -3.84. The maximum absolute atomic E-state index is 9.77. The van der Waals surface area contributed by atoms with E-state index in [1.54, 1.807) is 12.1 Å². The summed E-state index contributed by atoms with van der Waals surface area (Å²) in [6.07, 6.45) is 1.82. The highest BCUT2D eigenvalue weighted by Crippen LogP contribution is 2.44. The van der Waals surface area contributed by atoms with Crippen LogP contribution in [0.4, 0.5) is 5.69 Å². The van der Waals surface area contributed by atoms with E-state index in [1.165, 1.54) is 0 Å². The van der Waals surface area contributed by atoms with Crippen LogP contribution in [0.1, 0.15) is 41.7 Å². The Labute approximate surface area is 210 Å². The zero-order valence-electron chi connectivity index (χ0n) is 20.0. The molecule has 6 nitrogen and oxygen atoms in total. The molecule has 4 aromatic rings. The smallest absolute Gasteiger partial charge is 0.174 e. The Kier molecular flexibility index (Phi) is 6.17. The molecule has 0 unspecified atom stereocenters. The molecule has 1 saturated heterocycles. The molecule has 0 bridgehead atoms. The number of pyridine rings is 1. The molecule has 0 spiro atoms. The van der Waals surface area contributed by atoms with Crippen LogP contribution in [0.15, 0.2) is 79.0 Å². The van der Waals surface area contributed by atoms with Gasteiger partial charge in [0.2, 0.25) is 0 Å². The van der Waals surface area contributed by atoms with Crippen LogP contribution in [-0.4, -0.2) is 26.4 Å². The predicted molar refractivity (Wildman–Crippen MR) is 142 cm³/mol. The summed E-state index contributed by atoms with van der Waals surface area (Å²) in [5.74, 6) is 1.08. The Morgan fingerprint density at radius 2 is 1.71 bits per heavy atom. The van der Waals surface area contributed by atoms with Gasteiger partial charge in [0.1, 0.15) is 11.5 Å². The minimum Gasteiger partial charge on any atom is -0.508 e. The van der Waals surface area contributed by atoms with E-state index in [0.717, 1.165) is 39.8 Å². The SMILES string of the molecule is CCOc1ccc(N2C(=S)N[C@@H](c3ccccn3)[C@H]2c2cc(C)n(-c3ccc(O)cc3)c2C)cc1. The lowest BCUT2D eigenvalue weighted by atomic mass is 9.96. The van der Waals surface area contributed by atoms with Crippen molar-refractivity contribution in [3.8, 4) is 17.2 Å². The second-order valence-electron chi connectivity index (χ2n) is 8.60. The van der Waals surface area contributed by atoms with Crippen molar-refractivity contribution in [1.29, 1.82) is 0 Å². The van der Waals surface area contributed by atoms with Gasteiger partial charge < -0.3 is 24.6 Å². The number of aromatic nitrogens is 2. The fourth-order valence-electron chi connectivity index (χ4n) is 4.90. The number of thiocarbonyl (C=S) groups is 1. The molecule has 178 valence electrons. The molecule has 35 heavy (non-hydrogen) atoms. The zero-order valence-corrected chi connectivity index (χ0v) is 20.8. The zero-order chi connectivity index (χ0) is 24.5. The van der Waals surface area contributed by atoms with Crippen LogP contribution in [-0.2, 0) is 0 Å². The molecule has 1 fully saturated rings. The fraction of sp³-hybridized carbons (Fsp3) is 0.214. The summed E-state index contributed by atoms with van der Waals surface area (Å²) in [5, 5.41) is 14.0. The molecule has 7 heteroatoms. The number of phenolic OH excluding ortho intramolecular Hbond substituents is 1. The molecule has 0 saturated carbocycles. The molecular weight excluding hydrogens is 456 g/mol. The molecule has 2 atom stereocenters. The quantitative estimate of drug-likeness (QED) is 0.339. The number of rotatable bonds is 6. The van der Waals surface area contributed by atoms with Gasteiger partial charge in [-0.2, -0.15) is 0 Å². The molecule has 2 aromatic heterocycles. The number of phenols is 1. The second kappa shape index (κ2) is 9.43. The van der Waals surface area contributed by atoms with E-state index >= 15 is 0 Å². The number of ether oxygens (including phenoxy) is 1. The van der Waals surface area contributed by atoms with Gasteiger partial charge in [-0.1, -0.05) is 6.07 Å². The molecule has 1 aliphatic rings. The van der Waals surface area contributed by atoms with Gasteiger partial charge in [0.25, 0.3) is 0 Å². The van der Waals surface area contributed by atoms with Gasteiger partial charge in [0.05, 0.1) is 24.4 Å². The molecule has 0 aliphatic carbocycles. The van der Waals surface area contributed by atoms with Crippen LogP contribution in [0, 0.1) is 13.8 Å². The fourth-order valence-corrected chi connectivity index (χ4v) is 5.25. The third-order valence-electron chi connectivity index (χ3n) is 6.42. The van der Waals surface area contributed by atoms with E-state index in [4.69, 9.17) is 17.0 Å².